The van der Waals surface area contributed by atoms with Gasteiger partial charge in [0.2, 0.25) is 10.0 Å². The van der Waals surface area contributed by atoms with Gasteiger partial charge in [0.25, 0.3) is 0 Å². The van der Waals surface area contributed by atoms with E-state index in [-0.39, 0.29) is 4.90 Å². The fraction of sp³-hybridized carbons (Fsp3) is 0.200. The lowest BCUT2D eigenvalue weighted by atomic mass is 10.1. The average molecular weight is 349 g/mol. The molecule has 0 bridgehead atoms. The Morgan fingerprint density at radius 3 is 2.43 bits per heavy atom. The Morgan fingerprint density at radius 1 is 1.17 bits per heavy atom. The van der Waals surface area contributed by atoms with E-state index in [2.05, 4.69) is 14.9 Å². The van der Waals surface area contributed by atoms with Crippen molar-refractivity contribution >= 4 is 21.4 Å². The van der Waals surface area contributed by atoms with Gasteiger partial charge in [-0.15, -0.1) is 11.3 Å². The first-order chi connectivity index (χ1) is 10.9. The summed E-state index contributed by atoms with van der Waals surface area (Å²) in [6.07, 6.45) is 0. The van der Waals surface area contributed by atoms with Crippen LogP contribution < -0.4 is 4.72 Å². The highest BCUT2D eigenvalue weighted by Crippen LogP contribution is 2.32. The zero-order valence-electron chi connectivity index (χ0n) is 12.8. The van der Waals surface area contributed by atoms with E-state index in [4.69, 9.17) is 4.52 Å². The largest absolute Gasteiger partial charge is 0.361 e. The molecule has 0 amide bonds. The summed E-state index contributed by atoms with van der Waals surface area (Å²) in [6.45, 7) is 3.73. The van der Waals surface area contributed by atoms with Gasteiger partial charge in [0.15, 0.2) is 0 Å². The number of rotatable bonds is 4. The van der Waals surface area contributed by atoms with Crippen molar-refractivity contribution in [1.29, 1.82) is 0 Å². The van der Waals surface area contributed by atoms with Gasteiger partial charge in [-0.3, -0.25) is 0 Å². The molecule has 3 aromatic rings. The van der Waals surface area contributed by atoms with Crippen molar-refractivity contribution in [3.05, 3.63) is 41.1 Å². The molecular weight excluding hydrogens is 334 g/mol. The highest BCUT2D eigenvalue weighted by atomic mass is 32.2. The molecule has 0 fully saturated rings. The minimum atomic E-state index is -3.43. The van der Waals surface area contributed by atoms with Gasteiger partial charge in [0.05, 0.1) is 21.8 Å². The van der Waals surface area contributed by atoms with E-state index in [9.17, 15) is 8.42 Å². The molecule has 1 N–H and O–H groups in total. The van der Waals surface area contributed by atoms with Crippen molar-refractivity contribution in [2.24, 2.45) is 0 Å². The van der Waals surface area contributed by atoms with Crippen LogP contribution in [-0.2, 0) is 10.0 Å². The van der Waals surface area contributed by atoms with E-state index in [1.54, 1.807) is 24.3 Å². The van der Waals surface area contributed by atoms with Crippen LogP contribution in [0.2, 0.25) is 0 Å². The molecule has 0 aliphatic heterocycles. The van der Waals surface area contributed by atoms with E-state index < -0.39 is 10.0 Å². The van der Waals surface area contributed by atoms with Crippen LogP contribution in [0, 0.1) is 13.8 Å². The molecule has 0 atom stereocenters. The highest BCUT2D eigenvalue weighted by molar-refractivity contribution is 7.89. The third-order valence-corrected chi connectivity index (χ3v) is 5.80. The van der Waals surface area contributed by atoms with Crippen molar-refractivity contribution < 1.29 is 12.9 Å². The van der Waals surface area contributed by atoms with Crippen molar-refractivity contribution in [2.75, 3.05) is 7.05 Å². The third-order valence-electron chi connectivity index (χ3n) is 3.47. The van der Waals surface area contributed by atoms with E-state index in [1.807, 2.05) is 19.2 Å². The second kappa shape index (κ2) is 5.88. The first-order valence-corrected chi connectivity index (χ1v) is 9.21. The average Bonchev–Trinajstić information content (AvgIpc) is 3.14. The monoisotopic (exact) mass is 349 g/mol. The number of hydrogen-bond donors (Lipinski definition) is 1. The van der Waals surface area contributed by atoms with Crippen LogP contribution in [0.1, 0.15) is 11.5 Å². The number of benzene rings is 1. The third kappa shape index (κ3) is 2.92. The van der Waals surface area contributed by atoms with Gasteiger partial charge >= 0.3 is 0 Å². The van der Waals surface area contributed by atoms with Crippen LogP contribution in [0.4, 0.5) is 0 Å². The molecule has 23 heavy (non-hydrogen) atoms. The maximum absolute atomic E-state index is 11.7. The fourth-order valence-electron chi connectivity index (χ4n) is 2.26. The molecule has 0 unspecified atom stereocenters. The minimum Gasteiger partial charge on any atom is -0.361 e. The maximum atomic E-state index is 11.7. The van der Waals surface area contributed by atoms with Gasteiger partial charge < -0.3 is 4.52 Å². The quantitative estimate of drug-likeness (QED) is 0.782. The topological polar surface area (TPSA) is 85.1 Å². The Bertz CT molecular complexity index is 921. The van der Waals surface area contributed by atoms with E-state index in [1.165, 1.54) is 18.4 Å². The Morgan fingerprint density at radius 2 is 1.87 bits per heavy atom. The maximum Gasteiger partial charge on any atom is 0.240 e. The summed E-state index contributed by atoms with van der Waals surface area (Å²) >= 11 is 1.49. The highest BCUT2D eigenvalue weighted by Gasteiger charge is 2.16. The molecule has 0 aliphatic rings. The molecule has 8 heteroatoms. The minimum absolute atomic E-state index is 0.228. The predicted octanol–water partition coefficient (Wildman–Crippen LogP) is 2.99. The van der Waals surface area contributed by atoms with E-state index >= 15 is 0 Å². The van der Waals surface area contributed by atoms with Crippen LogP contribution >= 0.6 is 11.3 Å². The fourth-order valence-corrected chi connectivity index (χ4v) is 3.81. The lowest BCUT2D eigenvalue weighted by Crippen LogP contribution is -2.18. The standard InChI is InChI=1S/C15H15N3O3S2/c1-9-14(10(2)21-18-9)13-8-22-15(17-13)11-4-6-12(7-5-11)23(19,20)16-3/h4-8,16H,1-3H3. The van der Waals surface area contributed by atoms with Gasteiger partial charge in [-0.05, 0) is 33.0 Å². The summed E-state index contributed by atoms with van der Waals surface area (Å²) < 4.78 is 30.9. The van der Waals surface area contributed by atoms with E-state index in [0.717, 1.165) is 33.3 Å². The summed E-state index contributed by atoms with van der Waals surface area (Å²) in [4.78, 5) is 4.84. The Hall–Kier alpha value is -2.03. The molecule has 0 spiro atoms. The second-order valence-corrected chi connectivity index (χ2v) is 7.71. The molecule has 0 radical (unpaired) electrons. The lowest BCUT2D eigenvalue weighted by Gasteiger charge is -2.03. The summed E-state index contributed by atoms with van der Waals surface area (Å²) in [5, 5.41) is 6.70. The molecule has 2 aromatic heterocycles. The zero-order chi connectivity index (χ0) is 16.6. The lowest BCUT2D eigenvalue weighted by molar-refractivity contribution is 0.393. The molecule has 1 aromatic carbocycles. The number of thiazole rings is 1. The molecule has 2 heterocycles. The number of nitrogens with zero attached hydrogens (tertiary/aromatic N) is 2. The number of aromatic nitrogens is 2. The smallest absolute Gasteiger partial charge is 0.240 e. The van der Waals surface area contributed by atoms with Crippen LogP contribution in [0.5, 0.6) is 0 Å². The number of sulfonamides is 1. The Balaban J connectivity index is 1.95. The number of nitrogens with one attached hydrogen (secondary N) is 1. The summed E-state index contributed by atoms with van der Waals surface area (Å²) in [6, 6.07) is 6.64. The molecule has 120 valence electrons. The van der Waals surface area contributed by atoms with Gasteiger partial charge in [-0.25, -0.2) is 18.1 Å². The normalized spacial score (nSPS) is 11.8. The van der Waals surface area contributed by atoms with Crippen LogP contribution in [0.25, 0.3) is 21.8 Å². The summed E-state index contributed by atoms with van der Waals surface area (Å²) in [5.74, 6) is 0.731. The van der Waals surface area contributed by atoms with Crippen molar-refractivity contribution in [1.82, 2.24) is 14.9 Å². The van der Waals surface area contributed by atoms with Gasteiger partial charge in [0.1, 0.15) is 10.8 Å². The van der Waals surface area contributed by atoms with Crippen molar-refractivity contribution in [3.63, 3.8) is 0 Å². The van der Waals surface area contributed by atoms with Crippen LogP contribution in [0.3, 0.4) is 0 Å². The molecule has 6 nitrogen and oxygen atoms in total. The van der Waals surface area contributed by atoms with Crippen LogP contribution in [-0.4, -0.2) is 25.6 Å². The first-order valence-electron chi connectivity index (χ1n) is 6.85. The molecular formula is C15H15N3O3S2. The number of hydrogen-bond acceptors (Lipinski definition) is 6. The second-order valence-electron chi connectivity index (χ2n) is 4.97. The molecule has 0 saturated carbocycles. The Kier molecular flexibility index (Phi) is 4.05. The van der Waals surface area contributed by atoms with Gasteiger partial charge in [-0.1, -0.05) is 17.3 Å². The van der Waals surface area contributed by atoms with Gasteiger partial charge in [0, 0.05) is 10.9 Å². The Labute approximate surface area is 138 Å². The van der Waals surface area contributed by atoms with Crippen molar-refractivity contribution in [2.45, 2.75) is 18.7 Å². The van der Waals surface area contributed by atoms with Crippen molar-refractivity contribution in [3.8, 4) is 21.8 Å². The van der Waals surface area contributed by atoms with Crippen LogP contribution in [0.15, 0.2) is 39.1 Å². The first kappa shape index (κ1) is 15.9. The predicted molar refractivity (Wildman–Crippen MR) is 88.8 cm³/mol. The molecule has 3 rings (SSSR count). The summed E-state index contributed by atoms with van der Waals surface area (Å²) in [5.41, 5.74) is 3.38. The number of aryl methyl sites for hydroxylation is 2. The zero-order valence-corrected chi connectivity index (χ0v) is 14.5. The van der Waals surface area contributed by atoms with Gasteiger partial charge in [-0.2, -0.15) is 0 Å². The van der Waals surface area contributed by atoms with E-state index in [0.29, 0.717) is 0 Å². The molecule has 0 saturated heterocycles. The molecule has 0 aliphatic carbocycles. The summed E-state index contributed by atoms with van der Waals surface area (Å²) in [7, 11) is -2.04. The SMILES string of the molecule is CNS(=O)(=O)c1ccc(-c2nc(-c3c(C)noc3C)cs2)cc1.